The molecule has 0 bridgehead atoms. The lowest BCUT2D eigenvalue weighted by Gasteiger charge is -2.14. The van der Waals surface area contributed by atoms with Crippen LogP contribution in [0.2, 0.25) is 5.02 Å². The Morgan fingerprint density at radius 2 is 1.81 bits per heavy atom. The molecule has 3 aromatic heterocycles. The summed E-state index contributed by atoms with van der Waals surface area (Å²) in [6, 6.07) is 16.3. The third-order valence-corrected chi connectivity index (χ3v) is 4.20. The third kappa shape index (κ3) is 2.91. The number of aryl methyl sites for hydroxylation is 1. The van der Waals surface area contributed by atoms with Gasteiger partial charge < -0.3 is 5.32 Å². The lowest BCUT2D eigenvalue weighted by molar-refractivity contribution is 0.938. The Hall–Kier alpha value is -3.25. The van der Waals surface area contributed by atoms with Crippen molar-refractivity contribution >= 4 is 34.3 Å². The number of halogens is 1. The normalized spacial score (nSPS) is 10.8. The largest absolute Gasteiger partial charge is 0.355 e. The molecule has 1 N–H and O–H groups in total. The summed E-state index contributed by atoms with van der Waals surface area (Å²) in [6.07, 6.45) is 1.66. The van der Waals surface area contributed by atoms with E-state index in [9.17, 15) is 4.79 Å². The van der Waals surface area contributed by atoms with Crippen molar-refractivity contribution in [2.75, 3.05) is 5.32 Å². The summed E-state index contributed by atoms with van der Waals surface area (Å²) >= 11 is 6.30. The van der Waals surface area contributed by atoms with E-state index >= 15 is 0 Å². The van der Waals surface area contributed by atoms with Crippen molar-refractivity contribution < 1.29 is 0 Å². The zero-order chi connectivity index (χ0) is 18.1. The summed E-state index contributed by atoms with van der Waals surface area (Å²) in [5.74, 6) is 0.997. The van der Waals surface area contributed by atoms with Crippen LogP contribution in [-0.2, 0) is 0 Å². The maximum atomic E-state index is 12.8. The van der Waals surface area contributed by atoms with E-state index in [4.69, 9.17) is 11.6 Å². The minimum absolute atomic E-state index is 0.402. The molecular weight excluding hydrogens is 350 g/mol. The first-order chi connectivity index (χ1) is 12.6. The molecule has 1 aromatic carbocycles. The van der Waals surface area contributed by atoms with Gasteiger partial charge in [-0.2, -0.15) is 4.98 Å². The van der Waals surface area contributed by atoms with Gasteiger partial charge >= 0.3 is 5.69 Å². The van der Waals surface area contributed by atoms with Crippen LogP contribution in [0.1, 0.15) is 5.69 Å². The van der Waals surface area contributed by atoms with Gasteiger partial charge in [-0.15, -0.1) is 0 Å². The van der Waals surface area contributed by atoms with Crippen LogP contribution < -0.4 is 11.0 Å². The van der Waals surface area contributed by atoms with Crippen molar-refractivity contribution in [3.63, 3.8) is 0 Å². The number of para-hydroxylation sites is 1. The number of rotatable bonds is 3. The molecule has 0 fully saturated rings. The molecule has 6 nitrogen and oxygen atoms in total. The molecule has 0 radical (unpaired) electrons. The molecule has 26 heavy (non-hydrogen) atoms. The Bertz CT molecular complexity index is 1160. The average Bonchev–Trinajstić information content (AvgIpc) is 2.64. The minimum atomic E-state index is -0.470. The number of hydrogen-bond donors (Lipinski definition) is 1. The smallest absolute Gasteiger partial charge is 0.324 e. The van der Waals surface area contributed by atoms with Gasteiger partial charge in [-0.25, -0.2) is 19.3 Å². The molecule has 0 saturated carbocycles. The fourth-order valence-corrected chi connectivity index (χ4v) is 2.92. The second-order valence-corrected chi connectivity index (χ2v) is 6.10. The molecule has 0 saturated heterocycles. The molecule has 0 aliphatic heterocycles. The van der Waals surface area contributed by atoms with Gasteiger partial charge in [-0.3, -0.25) is 0 Å². The number of benzene rings is 1. The zero-order valence-corrected chi connectivity index (χ0v) is 14.6. The molecule has 0 unspecified atom stereocenters. The monoisotopic (exact) mass is 363 g/mol. The van der Waals surface area contributed by atoms with E-state index in [2.05, 4.69) is 20.3 Å². The Kier molecular flexibility index (Phi) is 4.10. The summed E-state index contributed by atoms with van der Waals surface area (Å²) in [7, 11) is 0. The Morgan fingerprint density at radius 3 is 2.58 bits per heavy atom. The number of anilines is 2. The summed E-state index contributed by atoms with van der Waals surface area (Å²) in [5, 5.41) is 4.24. The van der Waals surface area contributed by atoms with Crippen LogP contribution >= 0.6 is 11.6 Å². The first-order valence-electron chi connectivity index (χ1n) is 7.97. The highest BCUT2D eigenvalue weighted by Gasteiger charge is 2.15. The summed E-state index contributed by atoms with van der Waals surface area (Å²) in [6.45, 7) is 1.87. The van der Waals surface area contributed by atoms with Gasteiger partial charge in [0.05, 0.1) is 16.1 Å². The van der Waals surface area contributed by atoms with Crippen molar-refractivity contribution in [1.82, 2.24) is 19.5 Å². The maximum absolute atomic E-state index is 12.8. The van der Waals surface area contributed by atoms with Crippen molar-refractivity contribution in [3.8, 4) is 5.69 Å². The minimum Gasteiger partial charge on any atom is -0.324 e. The first kappa shape index (κ1) is 16.2. The zero-order valence-electron chi connectivity index (χ0n) is 13.8. The summed E-state index contributed by atoms with van der Waals surface area (Å²) < 4.78 is 1.42. The predicted molar refractivity (Wildman–Crippen MR) is 102 cm³/mol. The number of fused-ring (bicyclic) bond motifs is 1. The lowest BCUT2D eigenvalue weighted by Crippen LogP contribution is -2.24. The molecular formula is C19H14ClN5O. The number of hydrogen-bond acceptors (Lipinski definition) is 5. The van der Waals surface area contributed by atoms with Crippen molar-refractivity contribution in [2.24, 2.45) is 0 Å². The van der Waals surface area contributed by atoms with Gasteiger partial charge in [0.25, 0.3) is 0 Å². The molecule has 7 heteroatoms. The molecule has 0 aliphatic rings. The van der Waals surface area contributed by atoms with Crippen molar-refractivity contribution in [1.29, 1.82) is 0 Å². The molecule has 4 rings (SSSR count). The number of nitrogens with one attached hydrogen (secondary N) is 1. The quantitative estimate of drug-likeness (QED) is 0.598. The second-order valence-electron chi connectivity index (χ2n) is 5.69. The van der Waals surface area contributed by atoms with E-state index in [-0.39, 0.29) is 0 Å². The van der Waals surface area contributed by atoms with Crippen LogP contribution in [0.4, 0.5) is 11.6 Å². The standard InChI is InChI=1S/C19H14ClN5O/c1-12-9-10-13-17(23-16-8-4-5-11-21-16)24-19(26)25(18(13)22-12)15-7-3-2-6-14(15)20/h2-11H,1H3,(H,21,23,24,26). The highest BCUT2D eigenvalue weighted by Crippen LogP contribution is 2.26. The Balaban J connectivity index is 2.00. The fraction of sp³-hybridized carbons (Fsp3) is 0.0526. The number of nitrogens with zero attached hydrogens (tertiary/aromatic N) is 4. The van der Waals surface area contributed by atoms with Crippen molar-refractivity contribution in [3.05, 3.63) is 82.0 Å². The van der Waals surface area contributed by atoms with Crippen LogP contribution in [0.3, 0.4) is 0 Å². The molecule has 0 atom stereocenters. The second kappa shape index (κ2) is 6.57. The highest BCUT2D eigenvalue weighted by molar-refractivity contribution is 6.32. The molecule has 4 aromatic rings. The van der Waals surface area contributed by atoms with Crippen LogP contribution in [0.5, 0.6) is 0 Å². The molecule has 128 valence electrons. The first-order valence-corrected chi connectivity index (χ1v) is 8.34. The summed E-state index contributed by atoms with van der Waals surface area (Å²) in [5.41, 5.74) is 1.34. The van der Waals surface area contributed by atoms with Gasteiger partial charge in [-0.05, 0) is 43.3 Å². The van der Waals surface area contributed by atoms with Gasteiger partial charge in [0.15, 0.2) is 5.65 Å². The average molecular weight is 364 g/mol. The molecule has 0 spiro atoms. The molecule has 0 aliphatic carbocycles. The Morgan fingerprint density at radius 1 is 1.00 bits per heavy atom. The third-order valence-electron chi connectivity index (χ3n) is 3.88. The van der Waals surface area contributed by atoms with Gasteiger partial charge in [0.1, 0.15) is 11.6 Å². The van der Waals surface area contributed by atoms with Gasteiger partial charge in [-0.1, -0.05) is 29.8 Å². The van der Waals surface area contributed by atoms with E-state index in [0.29, 0.717) is 33.4 Å². The SMILES string of the molecule is Cc1ccc2c(Nc3ccccn3)nc(=O)n(-c3ccccc3Cl)c2n1. The van der Waals surface area contributed by atoms with Crippen LogP contribution in [0.25, 0.3) is 16.7 Å². The topological polar surface area (TPSA) is 72.7 Å². The van der Waals surface area contributed by atoms with E-state index in [1.807, 2.05) is 43.3 Å². The van der Waals surface area contributed by atoms with Gasteiger partial charge in [0.2, 0.25) is 0 Å². The fourth-order valence-electron chi connectivity index (χ4n) is 2.70. The van der Waals surface area contributed by atoms with Gasteiger partial charge in [0, 0.05) is 11.9 Å². The number of aromatic nitrogens is 4. The van der Waals surface area contributed by atoms with E-state index in [0.717, 1.165) is 5.69 Å². The number of pyridine rings is 2. The molecule has 3 heterocycles. The van der Waals surface area contributed by atoms with E-state index in [1.165, 1.54) is 4.57 Å². The Labute approximate surface area is 154 Å². The maximum Gasteiger partial charge on any atom is 0.355 e. The van der Waals surface area contributed by atoms with Crippen molar-refractivity contribution in [2.45, 2.75) is 6.92 Å². The lowest BCUT2D eigenvalue weighted by atomic mass is 10.2. The predicted octanol–water partition coefficient (Wildman–Crippen LogP) is 3.88. The molecule has 0 amide bonds. The van der Waals surface area contributed by atoms with E-state index < -0.39 is 5.69 Å². The van der Waals surface area contributed by atoms with Crippen LogP contribution in [0.15, 0.2) is 65.6 Å². The van der Waals surface area contributed by atoms with Crippen LogP contribution in [0, 0.1) is 6.92 Å². The summed E-state index contributed by atoms with van der Waals surface area (Å²) in [4.78, 5) is 25.8. The van der Waals surface area contributed by atoms with E-state index in [1.54, 1.807) is 24.4 Å². The highest BCUT2D eigenvalue weighted by atomic mass is 35.5. The van der Waals surface area contributed by atoms with Crippen LogP contribution in [-0.4, -0.2) is 19.5 Å².